The molecule has 2 heterocycles. The van der Waals surface area contributed by atoms with Crippen LogP contribution in [0.25, 0.3) is 10.0 Å². The summed E-state index contributed by atoms with van der Waals surface area (Å²) in [6.45, 7) is 1.86. The normalized spacial score (nSPS) is 10.3. The second kappa shape index (κ2) is 2.63. The maximum absolute atomic E-state index is 4.17. The predicted molar refractivity (Wildman–Crippen MR) is 43.5 cm³/mol. The molecule has 56 valence electrons. The summed E-state index contributed by atoms with van der Waals surface area (Å²) in [5.74, 6) is 0.792. The van der Waals surface area contributed by atoms with Crippen LogP contribution in [0.15, 0.2) is 5.51 Å². The average molecular weight is 184 g/mol. The van der Waals surface area contributed by atoms with Crippen LogP contribution >= 0.6 is 22.9 Å². The second-order valence-electron chi connectivity index (χ2n) is 1.89. The average Bonchev–Trinajstić information content (AvgIpc) is 2.55. The molecule has 0 atom stereocenters. The van der Waals surface area contributed by atoms with Crippen molar-refractivity contribution in [1.82, 2.24) is 19.6 Å². The van der Waals surface area contributed by atoms with E-state index >= 15 is 0 Å². The monoisotopic (exact) mass is 184 g/mol. The van der Waals surface area contributed by atoms with Gasteiger partial charge in [-0.2, -0.15) is 4.37 Å². The zero-order valence-electron chi connectivity index (χ0n) is 5.68. The van der Waals surface area contributed by atoms with Crippen LogP contribution in [0, 0.1) is 6.92 Å². The minimum atomic E-state index is 0.792. The Labute approximate surface area is 71.1 Å². The van der Waals surface area contributed by atoms with E-state index in [4.69, 9.17) is 0 Å². The first-order valence-corrected chi connectivity index (χ1v) is 4.58. The lowest BCUT2D eigenvalue weighted by molar-refractivity contribution is 1.08. The lowest BCUT2D eigenvalue weighted by Crippen LogP contribution is -1.75. The Morgan fingerprint density at radius 2 is 2.27 bits per heavy atom. The summed E-state index contributed by atoms with van der Waals surface area (Å²) in [6, 6.07) is 0. The van der Waals surface area contributed by atoms with Gasteiger partial charge >= 0.3 is 0 Å². The van der Waals surface area contributed by atoms with Gasteiger partial charge in [0.25, 0.3) is 0 Å². The maximum atomic E-state index is 4.17. The lowest BCUT2D eigenvalue weighted by atomic mass is 10.7. The Balaban J connectivity index is 2.45. The fraction of sp³-hybridized carbons (Fsp3) is 0.200. The Bertz CT molecular complexity index is 339. The van der Waals surface area contributed by atoms with Crippen molar-refractivity contribution in [2.75, 3.05) is 0 Å². The van der Waals surface area contributed by atoms with Crippen LogP contribution in [-0.4, -0.2) is 19.6 Å². The van der Waals surface area contributed by atoms with E-state index in [0.29, 0.717) is 0 Å². The summed E-state index contributed by atoms with van der Waals surface area (Å²) in [6.07, 6.45) is 0. The molecule has 0 aliphatic heterocycles. The Kier molecular flexibility index (Phi) is 1.63. The quantitative estimate of drug-likeness (QED) is 0.671. The summed E-state index contributed by atoms with van der Waals surface area (Å²) in [5, 5.41) is 9.29. The number of rotatable bonds is 1. The summed E-state index contributed by atoms with van der Waals surface area (Å²) in [5.41, 5.74) is 1.69. The number of aryl methyl sites for hydroxylation is 1. The number of nitrogens with zero attached hydrogens (tertiary/aromatic N) is 4. The maximum Gasteiger partial charge on any atom is 0.177 e. The van der Waals surface area contributed by atoms with E-state index in [0.717, 1.165) is 15.8 Å². The van der Waals surface area contributed by atoms with Gasteiger partial charge in [0.1, 0.15) is 11.3 Å². The molecule has 0 saturated heterocycles. The molecule has 2 aromatic rings. The molecule has 2 aromatic heterocycles. The fourth-order valence-corrected chi connectivity index (χ4v) is 1.89. The highest BCUT2D eigenvalue weighted by Crippen LogP contribution is 2.21. The minimum absolute atomic E-state index is 0.792. The first-order chi connectivity index (χ1) is 5.36. The van der Waals surface area contributed by atoms with Gasteiger partial charge in [-0.1, -0.05) is 11.3 Å². The smallest absolute Gasteiger partial charge is 0.177 e. The minimum Gasteiger partial charge on any atom is -0.217 e. The third-order valence-corrected chi connectivity index (χ3v) is 2.71. The molecule has 0 saturated carbocycles. The van der Waals surface area contributed by atoms with Gasteiger partial charge in [0.2, 0.25) is 0 Å². The second-order valence-corrected chi connectivity index (χ2v) is 3.48. The van der Waals surface area contributed by atoms with E-state index in [1.807, 2.05) is 6.92 Å². The third kappa shape index (κ3) is 1.26. The molecule has 0 aliphatic rings. The largest absolute Gasteiger partial charge is 0.217 e. The first kappa shape index (κ1) is 6.81. The fourth-order valence-electron chi connectivity index (χ4n) is 0.650. The van der Waals surface area contributed by atoms with Crippen molar-refractivity contribution in [1.29, 1.82) is 0 Å². The topological polar surface area (TPSA) is 51.6 Å². The summed E-state index contributed by atoms with van der Waals surface area (Å²) in [4.78, 5) is 4.17. The number of hydrogen-bond donors (Lipinski definition) is 0. The lowest BCUT2D eigenvalue weighted by Gasteiger charge is -1.79. The SMILES string of the molecule is Cc1nsc(-c2nncs2)n1. The van der Waals surface area contributed by atoms with Crippen molar-refractivity contribution in [3.63, 3.8) is 0 Å². The van der Waals surface area contributed by atoms with Crippen molar-refractivity contribution < 1.29 is 0 Å². The van der Waals surface area contributed by atoms with Crippen LogP contribution in [-0.2, 0) is 0 Å². The Morgan fingerprint density at radius 3 is 2.82 bits per heavy atom. The van der Waals surface area contributed by atoms with Gasteiger partial charge in [0.05, 0.1) is 0 Å². The molecule has 0 radical (unpaired) electrons. The zero-order chi connectivity index (χ0) is 7.68. The molecule has 6 heteroatoms. The van der Waals surface area contributed by atoms with E-state index in [-0.39, 0.29) is 0 Å². The predicted octanol–water partition coefficient (Wildman–Crippen LogP) is 1.37. The number of aromatic nitrogens is 4. The molecule has 0 amide bonds. The van der Waals surface area contributed by atoms with Gasteiger partial charge in [0.15, 0.2) is 10.0 Å². The van der Waals surface area contributed by atoms with Crippen LogP contribution < -0.4 is 0 Å². The van der Waals surface area contributed by atoms with Crippen LogP contribution in [0.3, 0.4) is 0 Å². The van der Waals surface area contributed by atoms with Crippen molar-refractivity contribution in [2.45, 2.75) is 6.92 Å². The molecule has 2 rings (SSSR count). The van der Waals surface area contributed by atoms with Gasteiger partial charge in [-0.05, 0) is 18.5 Å². The Hall–Kier alpha value is -0.880. The van der Waals surface area contributed by atoms with Gasteiger partial charge in [-0.3, -0.25) is 0 Å². The van der Waals surface area contributed by atoms with Crippen molar-refractivity contribution >= 4 is 22.9 Å². The molecule has 0 spiro atoms. The van der Waals surface area contributed by atoms with Crippen molar-refractivity contribution in [2.24, 2.45) is 0 Å². The molecule has 0 aromatic carbocycles. The zero-order valence-corrected chi connectivity index (χ0v) is 7.32. The third-order valence-electron chi connectivity index (χ3n) is 1.07. The standard InChI is InChI=1S/C5H4N4S2/c1-3-7-4(11-9-3)5-8-6-2-10-5/h2H,1H3. The molecular formula is C5H4N4S2. The molecule has 11 heavy (non-hydrogen) atoms. The van der Waals surface area contributed by atoms with E-state index in [9.17, 15) is 0 Å². The molecule has 0 aliphatic carbocycles. The van der Waals surface area contributed by atoms with Gasteiger partial charge in [0, 0.05) is 0 Å². The molecule has 0 unspecified atom stereocenters. The van der Waals surface area contributed by atoms with E-state index < -0.39 is 0 Å². The molecular weight excluding hydrogens is 180 g/mol. The van der Waals surface area contributed by atoms with Gasteiger partial charge in [-0.15, -0.1) is 10.2 Å². The Morgan fingerprint density at radius 1 is 1.36 bits per heavy atom. The van der Waals surface area contributed by atoms with Gasteiger partial charge < -0.3 is 0 Å². The van der Waals surface area contributed by atoms with Gasteiger partial charge in [-0.25, -0.2) is 4.98 Å². The highest BCUT2D eigenvalue weighted by Gasteiger charge is 2.05. The summed E-state index contributed by atoms with van der Waals surface area (Å²) < 4.78 is 4.04. The number of hydrogen-bond acceptors (Lipinski definition) is 6. The summed E-state index contributed by atoms with van der Waals surface area (Å²) >= 11 is 2.83. The molecule has 0 N–H and O–H groups in total. The summed E-state index contributed by atoms with van der Waals surface area (Å²) in [7, 11) is 0. The van der Waals surface area contributed by atoms with Crippen molar-refractivity contribution in [3.05, 3.63) is 11.3 Å². The van der Waals surface area contributed by atoms with Crippen LogP contribution in [0.4, 0.5) is 0 Å². The molecule has 4 nitrogen and oxygen atoms in total. The van der Waals surface area contributed by atoms with Crippen molar-refractivity contribution in [3.8, 4) is 10.0 Å². The van der Waals surface area contributed by atoms with Crippen LogP contribution in [0.5, 0.6) is 0 Å². The highest BCUT2D eigenvalue weighted by atomic mass is 32.1. The van der Waals surface area contributed by atoms with Crippen LogP contribution in [0.1, 0.15) is 5.82 Å². The highest BCUT2D eigenvalue weighted by molar-refractivity contribution is 7.17. The van der Waals surface area contributed by atoms with Crippen LogP contribution in [0.2, 0.25) is 0 Å². The van der Waals surface area contributed by atoms with E-state index in [1.54, 1.807) is 5.51 Å². The van der Waals surface area contributed by atoms with E-state index in [2.05, 4.69) is 19.6 Å². The molecule has 0 fully saturated rings. The molecule has 0 bridgehead atoms. The van der Waals surface area contributed by atoms with E-state index in [1.165, 1.54) is 22.9 Å². The first-order valence-electron chi connectivity index (χ1n) is 2.93.